The molecule has 0 bridgehead atoms. The first kappa shape index (κ1) is 15.4. The molecule has 5 heteroatoms. The summed E-state index contributed by atoms with van der Waals surface area (Å²) in [5.74, 6) is 2.00. The minimum Gasteiger partial charge on any atom is -0.464 e. The summed E-state index contributed by atoms with van der Waals surface area (Å²) in [5.41, 5.74) is 0.753. The van der Waals surface area contributed by atoms with Gasteiger partial charge in [-0.3, -0.25) is 4.79 Å². The fraction of sp³-hybridized carbons (Fsp3) is 0.167. The van der Waals surface area contributed by atoms with Crippen molar-refractivity contribution in [3.8, 4) is 11.3 Å². The van der Waals surface area contributed by atoms with Crippen LogP contribution in [0.15, 0.2) is 57.4 Å². The maximum absolute atomic E-state index is 12.3. The summed E-state index contributed by atoms with van der Waals surface area (Å²) in [5, 5.41) is 3.42. The molecule has 1 N–H and O–H groups in total. The monoisotopic (exact) mass is 329 g/mol. The Balaban J connectivity index is 1.75. The van der Waals surface area contributed by atoms with Crippen molar-refractivity contribution in [2.75, 3.05) is 0 Å². The molecule has 3 rings (SSSR count). The number of rotatable bonds is 4. The molecule has 3 aromatic rings. The molecular formula is C18H16ClNO3. The van der Waals surface area contributed by atoms with Gasteiger partial charge in [-0.05, 0) is 50.2 Å². The number of benzene rings is 1. The van der Waals surface area contributed by atoms with E-state index in [1.807, 2.05) is 44.2 Å². The van der Waals surface area contributed by atoms with Gasteiger partial charge in [0.05, 0.1) is 11.1 Å². The second kappa shape index (κ2) is 6.34. The van der Waals surface area contributed by atoms with Gasteiger partial charge < -0.3 is 14.2 Å². The molecule has 0 aliphatic rings. The van der Waals surface area contributed by atoms with Crippen LogP contribution in [0.4, 0.5) is 0 Å². The Morgan fingerprint density at radius 1 is 1.09 bits per heavy atom. The smallest absolute Gasteiger partial charge is 0.287 e. The predicted octanol–water partition coefficient (Wildman–Crippen LogP) is 4.99. The van der Waals surface area contributed by atoms with Crippen molar-refractivity contribution in [1.82, 2.24) is 5.32 Å². The normalized spacial score (nSPS) is 12.1. The molecule has 1 unspecified atom stereocenters. The van der Waals surface area contributed by atoms with E-state index in [0.717, 1.165) is 11.3 Å². The van der Waals surface area contributed by atoms with E-state index >= 15 is 0 Å². The highest BCUT2D eigenvalue weighted by atomic mass is 35.5. The Bertz CT molecular complexity index is 834. The Kier molecular flexibility index (Phi) is 4.26. The van der Waals surface area contributed by atoms with Crippen LogP contribution in [0.25, 0.3) is 11.3 Å². The van der Waals surface area contributed by atoms with Crippen molar-refractivity contribution < 1.29 is 13.6 Å². The van der Waals surface area contributed by atoms with Gasteiger partial charge in [0.15, 0.2) is 5.76 Å². The minimum atomic E-state index is -0.301. The van der Waals surface area contributed by atoms with Crippen LogP contribution in [0.5, 0.6) is 0 Å². The lowest BCUT2D eigenvalue weighted by atomic mass is 10.2. The largest absolute Gasteiger partial charge is 0.464 e. The highest BCUT2D eigenvalue weighted by Crippen LogP contribution is 2.29. The molecule has 0 saturated heterocycles. The molecular weight excluding hydrogens is 314 g/mol. The zero-order valence-corrected chi connectivity index (χ0v) is 13.6. The quantitative estimate of drug-likeness (QED) is 0.733. The number of furan rings is 2. The first-order valence-corrected chi connectivity index (χ1v) is 7.64. The van der Waals surface area contributed by atoms with Gasteiger partial charge in [-0.2, -0.15) is 0 Å². The molecule has 23 heavy (non-hydrogen) atoms. The standard InChI is InChI=1S/C18H16ClNO3/c1-11-7-8-15(22-11)12(2)20-18(21)17-10-9-16(23-17)13-5-3-4-6-14(13)19/h3-10,12H,1-2H3,(H,20,21). The van der Waals surface area contributed by atoms with Gasteiger partial charge in [0.2, 0.25) is 0 Å². The van der Waals surface area contributed by atoms with Crippen molar-refractivity contribution in [3.05, 3.63) is 70.8 Å². The summed E-state index contributed by atoms with van der Waals surface area (Å²) in [6.07, 6.45) is 0. The number of aryl methyl sites for hydroxylation is 1. The van der Waals surface area contributed by atoms with Gasteiger partial charge in [0.1, 0.15) is 17.3 Å². The van der Waals surface area contributed by atoms with E-state index in [-0.39, 0.29) is 17.7 Å². The molecule has 0 spiro atoms. The summed E-state index contributed by atoms with van der Waals surface area (Å²) in [6.45, 7) is 3.72. The molecule has 118 valence electrons. The van der Waals surface area contributed by atoms with Crippen LogP contribution in [-0.2, 0) is 0 Å². The fourth-order valence-corrected chi connectivity index (χ4v) is 2.52. The number of nitrogens with one attached hydrogen (secondary N) is 1. The lowest BCUT2D eigenvalue weighted by Gasteiger charge is -2.10. The Hall–Kier alpha value is -2.46. The zero-order chi connectivity index (χ0) is 16.4. The molecule has 2 aromatic heterocycles. The highest BCUT2D eigenvalue weighted by molar-refractivity contribution is 6.33. The molecule has 0 saturated carbocycles. The summed E-state index contributed by atoms with van der Waals surface area (Å²) < 4.78 is 11.1. The predicted molar refractivity (Wildman–Crippen MR) is 88.5 cm³/mol. The topological polar surface area (TPSA) is 55.4 Å². The number of hydrogen-bond acceptors (Lipinski definition) is 3. The second-order valence-electron chi connectivity index (χ2n) is 5.29. The Morgan fingerprint density at radius 2 is 1.87 bits per heavy atom. The zero-order valence-electron chi connectivity index (χ0n) is 12.8. The first-order valence-electron chi connectivity index (χ1n) is 7.26. The Morgan fingerprint density at radius 3 is 2.57 bits per heavy atom. The molecule has 1 amide bonds. The van der Waals surface area contributed by atoms with E-state index in [9.17, 15) is 4.79 Å². The lowest BCUT2D eigenvalue weighted by molar-refractivity contribution is 0.0908. The number of amides is 1. The molecule has 2 heterocycles. The van der Waals surface area contributed by atoms with E-state index < -0.39 is 0 Å². The van der Waals surface area contributed by atoms with Gasteiger partial charge in [-0.15, -0.1) is 0 Å². The van der Waals surface area contributed by atoms with Crippen LogP contribution < -0.4 is 5.32 Å². The van der Waals surface area contributed by atoms with Crippen molar-refractivity contribution in [1.29, 1.82) is 0 Å². The third-order valence-corrected chi connectivity index (χ3v) is 3.83. The third-order valence-electron chi connectivity index (χ3n) is 3.50. The number of carbonyl (C=O) groups excluding carboxylic acids is 1. The first-order chi connectivity index (χ1) is 11.0. The van der Waals surface area contributed by atoms with Gasteiger partial charge in [-0.1, -0.05) is 23.7 Å². The van der Waals surface area contributed by atoms with Gasteiger partial charge >= 0.3 is 0 Å². The molecule has 0 fully saturated rings. The van der Waals surface area contributed by atoms with Crippen LogP contribution >= 0.6 is 11.6 Å². The van der Waals surface area contributed by atoms with E-state index in [1.54, 1.807) is 18.2 Å². The van der Waals surface area contributed by atoms with Crippen LogP contribution in [-0.4, -0.2) is 5.91 Å². The van der Waals surface area contributed by atoms with Crippen LogP contribution in [0.2, 0.25) is 5.02 Å². The highest BCUT2D eigenvalue weighted by Gasteiger charge is 2.18. The molecule has 4 nitrogen and oxygen atoms in total. The molecule has 0 radical (unpaired) electrons. The van der Waals surface area contributed by atoms with Gasteiger partial charge in [0, 0.05) is 5.56 Å². The van der Waals surface area contributed by atoms with Crippen molar-refractivity contribution >= 4 is 17.5 Å². The summed E-state index contributed by atoms with van der Waals surface area (Å²) in [4.78, 5) is 12.3. The van der Waals surface area contributed by atoms with Crippen LogP contribution in [0.3, 0.4) is 0 Å². The van der Waals surface area contributed by atoms with Crippen LogP contribution in [0, 0.1) is 6.92 Å². The van der Waals surface area contributed by atoms with Gasteiger partial charge in [0.25, 0.3) is 5.91 Å². The number of hydrogen-bond donors (Lipinski definition) is 1. The second-order valence-corrected chi connectivity index (χ2v) is 5.69. The maximum atomic E-state index is 12.3. The fourth-order valence-electron chi connectivity index (χ4n) is 2.29. The maximum Gasteiger partial charge on any atom is 0.287 e. The molecule has 0 aliphatic heterocycles. The summed E-state index contributed by atoms with van der Waals surface area (Å²) in [7, 11) is 0. The average Bonchev–Trinajstić information content (AvgIpc) is 3.16. The van der Waals surface area contributed by atoms with E-state index in [0.29, 0.717) is 16.5 Å². The number of carbonyl (C=O) groups is 1. The van der Waals surface area contributed by atoms with Crippen molar-refractivity contribution in [2.45, 2.75) is 19.9 Å². The Labute approximate surface area is 139 Å². The number of halogens is 1. The van der Waals surface area contributed by atoms with Crippen molar-refractivity contribution in [2.24, 2.45) is 0 Å². The SMILES string of the molecule is Cc1ccc(C(C)NC(=O)c2ccc(-c3ccccc3Cl)o2)o1. The van der Waals surface area contributed by atoms with E-state index in [2.05, 4.69) is 5.32 Å². The molecule has 1 aromatic carbocycles. The summed E-state index contributed by atoms with van der Waals surface area (Å²) >= 11 is 6.14. The van der Waals surface area contributed by atoms with Gasteiger partial charge in [-0.25, -0.2) is 0 Å². The average molecular weight is 330 g/mol. The molecule has 0 aliphatic carbocycles. The van der Waals surface area contributed by atoms with Crippen molar-refractivity contribution in [3.63, 3.8) is 0 Å². The lowest BCUT2D eigenvalue weighted by Crippen LogP contribution is -2.25. The van der Waals surface area contributed by atoms with E-state index in [4.69, 9.17) is 20.4 Å². The van der Waals surface area contributed by atoms with E-state index in [1.165, 1.54) is 0 Å². The summed E-state index contributed by atoms with van der Waals surface area (Å²) in [6, 6.07) is 14.2. The molecule has 1 atom stereocenters. The third kappa shape index (κ3) is 3.32. The minimum absolute atomic E-state index is 0.232. The van der Waals surface area contributed by atoms with Crippen LogP contribution in [0.1, 0.15) is 35.0 Å².